The Bertz CT molecular complexity index is 784. The molecule has 0 aliphatic heterocycles. The molecule has 2 N–H and O–H groups in total. The van der Waals surface area contributed by atoms with Gasteiger partial charge in [0.15, 0.2) is 5.96 Å². The van der Waals surface area contributed by atoms with E-state index in [1.807, 2.05) is 42.7 Å². The highest BCUT2D eigenvalue weighted by atomic mass is 16.5. The van der Waals surface area contributed by atoms with Gasteiger partial charge in [-0.25, -0.2) is 4.99 Å². The van der Waals surface area contributed by atoms with E-state index in [1.165, 1.54) is 10.5 Å². The lowest BCUT2D eigenvalue weighted by atomic mass is 10.2. The van der Waals surface area contributed by atoms with Crippen LogP contribution in [0.3, 0.4) is 0 Å². The fraction of sp³-hybridized carbons (Fsp3) is 0.500. The number of nitrogens with one attached hydrogen (secondary N) is 2. The van der Waals surface area contributed by atoms with Crippen molar-refractivity contribution in [3.63, 3.8) is 0 Å². The number of aromatic nitrogens is 3. The summed E-state index contributed by atoms with van der Waals surface area (Å²) in [7, 11) is 3.43. The zero-order chi connectivity index (χ0) is 21.1. The number of ether oxygens (including phenoxy) is 1. The van der Waals surface area contributed by atoms with Crippen LogP contribution in [0.1, 0.15) is 18.3 Å². The van der Waals surface area contributed by atoms with Gasteiger partial charge in [0.25, 0.3) is 0 Å². The number of hydrogen-bond donors (Lipinski definition) is 2. The van der Waals surface area contributed by atoms with E-state index in [-0.39, 0.29) is 12.5 Å². The van der Waals surface area contributed by atoms with Crippen LogP contribution >= 0.6 is 0 Å². The minimum atomic E-state index is -0.0610. The summed E-state index contributed by atoms with van der Waals surface area (Å²) in [5.74, 6) is 2.27. The van der Waals surface area contributed by atoms with Crippen molar-refractivity contribution in [3.05, 3.63) is 42.0 Å². The second-order valence-electron chi connectivity index (χ2n) is 6.76. The SMILES string of the molecule is CCc1nncn1CCNC(=NCC(=O)N(C)C)NCCOc1ccc(C)cc1. The van der Waals surface area contributed by atoms with Crippen LogP contribution in [0.5, 0.6) is 5.75 Å². The molecular weight excluding hydrogens is 370 g/mol. The molecule has 2 aromatic rings. The molecule has 0 aliphatic rings. The zero-order valence-electron chi connectivity index (χ0n) is 17.7. The Hall–Kier alpha value is -3.10. The van der Waals surface area contributed by atoms with Crippen LogP contribution < -0.4 is 15.4 Å². The molecular formula is C20H31N7O2. The van der Waals surface area contributed by atoms with E-state index >= 15 is 0 Å². The highest BCUT2D eigenvalue weighted by molar-refractivity contribution is 5.84. The Labute approximate surface area is 172 Å². The maximum atomic E-state index is 11.9. The number of hydrogen-bond acceptors (Lipinski definition) is 5. The van der Waals surface area contributed by atoms with Gasteiger partial charge in [0, 0.05) is 33.6 Å². The van der Waals surface area contributed by atoms with Crippen LogP contribution in [0.4, 0.5) is 0 Å². The minimum Gasteiger partial charge on any atom is -0.492 e. The molecule has 0 aliphatic carbocycles. The van der Waals surface area contributed by atoms with E-state index in [4.69, 9.17) is 4.74 Å². The number of benzene rings is 1. The first-order valence-electron chi connectivity index (χ1n) is 9.78. The second-order valence-corrected chi connectivity index (χ2v) is 6.76. The number of carbonyl (C=O) groups excluding carboxylic acids is 1. The molecule has 1 aromatic heterocycles. The number of rotatable bonds is 10. The first-order chi connectivity index (χ1) is 14.0. The topological polar surface area (TPSA) is 96.7 Å². The second kappa shape index (κ2) is 11.7. The predicted octanol–water partition coefficient (Wildman–Crippen LogP) is 0.851. The zero-order valence-corrected chi connectivity index (χ0v) is 17.7. The number of likely N-dealkylation sites (N-methyl/N-ethyl adjacent to an activating group) is 1. The Morgan fingerprint density at radius 1 is 1.21 bits per heavy atom. The molecule has 2 rings (SSSR count). The molecule has 1 heterocycles. The largest absolute Gasteiger partial charge is 0.492 e. The third-order valence-electron chi connectivity index (χ3n) is 4.21. The molecule has 0 bridgehead atoms. The lowest BCUT2D eigenvalue weighted by molar-refractivity contribution is -0.127. The quantitative estimate of drug-likeness (QED) is 0.348. The van der Waals surface area contributed by atoms with Crippen LogP contribution in [0, 0.1) is 6.92 Å². The molecule has 1 amide bonds. The van der Waals surface area contributed by atoms with E-state index < -0.39 is 0 Å². The molecule has 0 unspecified atom stereocenters. The van der Waals surface area contributed by atoms with Crippen LogP contribution in [-0.4, -0.2) is 71.9 Å². The summed E-state index contributed by atoms with van der Waals surface area (Å²) in [6.07, 6.45) is 2.54. The van der Waals surface area contributed by atoms with Crippen molar-refractivity contribution >= 4 is 11.9 Å². The Morgan fingerprint density at radius 3 is 2.62 bits per heavy atom. The minimum absolute atomic E-state index is 0.0610. The third-order valence-corrected chi connectivity index (χ3v) is 4.21. The maximum absolute atomic E-state index is 11.9. The lowest BCUT2D eigenvalue weighted by Gasteiger charge is -2.15. The normalized spacial score (nSPS) is 11.2. The molecule has 0 saturated carbocycles. The third kappa shape index (κ3) is 7.81. The van der Waals surface area contributed by atoms with Crippen molar-refractivity contribution in [2.24, 2.45) is 4.99 Å². The van der Waals surface area contributed by atoms with Gasteiger partial charge in [0.1, 0.15) is 31.1 Å². The van der Waals surface area contributed by atoms with E-state index in [0.717, 1.165) is 18.0 Å². The molecule has 9 heteroatoms. The molecule has 0 saturated heterocycles. The summed E-state index contributed by atoms with van der Waals surface area (Å²) in [4.78, 5) is 17.7. The number of guanidine groups is 1. The van der Waals surface area contributed by atoms with Gasteiger partial charge in [-0.05, 0) is 19.1 Å². The van der Waals surface area contributed by atoms with E-state index in [0.29, 0.717) is 32.2 Å². The van der Waals surface area contributed by atoms with Crippen LogP contribution in [0.15, 0.2) is 35.6 Å². The van der Waals surface area contributed by atoms with Crippen molar-refractivity contribution in [2.45, 2.75) is 26.8 Å². The first kappa shape index (κ1) is 22.2. The molecule has 0 spiro atoms. The fourth-order valence-corrected chi connectivity index (χ4v) is 2.47. The molecule has 0 radical (unpaired) electrons. The number of aliphatic imine (C=N–C) groups is 1. The summed E-state index contributed by atoms with van der Waals surface area (Å²) >= 11 is 0. The van der Waals surface area contributed by atoms with Gasteiger partial charge >= 0.3 is 0 Å². The van der Waals surface area contributed by atoms with Gasteiger partial charge in [-0.2, -0.15) is 0 Å². The van der Waals surface area contributed by atoms with Gasteiger partial charge in [0.2, 0.25) is 5.91 Å². The Balaban J connectivity index is 1.83. The summed E-state index contributed by atoms with van der Waals surface area (Å²) in [6, 6.07) is 7.92. The van der Waals surface area contributed by atoms with Crippen molar-refractivity contribution < 1.29 is 9.53 Å². The molecule has 29 heavy (non-hydrogen) atoms. The average Bonchev–Trinajstić information content (AvgIpc) is 3.17. The van der Waals surface area contributed by atoms with Crippen molar-refractivity contribution in [3.8, 4) is 5.75 Å². The van der Waals surface area contributed by atoms with Gasteiger partial charge in [0.05, 0.1) is 6.54 Å². The Morgan fingerprint density at radius 2 is 1.93 bits per heavy atom. The smallest absolute Gasteiger partial charge is 0.243 e. The van der Waals surface area contributed by atoms with Crippen molar-refractivity contribution in [1.82, 2.24) is 30.3 Å². The van der Waals surface area contributed by atoms with Gasteiger partial charge in [-0.15, -0.1) is 10.2 Å². The maximum Gasteiger partial charge on any atom is 0.243 e. The van der Waals surface area contributed by atoms with Crippen LogP contribution in [0.25, 0.3) is 0 Å². The lowest BCUT2D eigenvalue weighted by Crippen LogP contribution is -2.41. The van der Waals surface area contributed by atoms with E-state index in [9.17, 15) is 4.79 Å². The highest BCUT2D eigenvalue weighted by Gasteiger charge is 2.06. The number of nitrogens with zero attached hydrogens (tertiary/aromatic N) is 5. The summed E-state index contributed by atoms with van der Waals surface area (Å²) in [5.41, 5.74) is 1.19. The van der Waals surface area contributed by atoms with Crippen LogP contribution in [-0.2, 0) is 17.8 Å². The van der Waals surface area contributed by atoms with Gasteiger partial charge in [-0.3, -0.25) is 4.79 Å². The number of aryl methyl sites for hydroxylation is 2. The number of amides is 1. The highest BCUT2D eigenvalue weighted by Crippen LogP contribution is 2.10. The Kier molecular flexibility index (Phi) is 8.94. The summed E-state index contributed by atoms with van der Waals surface area (Å²) in [5, 5.41) is 14.5. The summed E-state index contributed by atoms with van der Waals surface area (Å²) < 4.78 is 7.72. The number of carbonyl (C=O) groups is 1. The van der Waals surface area contributed by atoms with E-state index in [2.05, 4.69) is 25.8 Å². The van der Waals surface area contributed by atoms with Crippen molar-refractivity contribution in [2.75, 3.05) is 40.3 Å². The van der Waals surface area contributed by atoms with E-state index in [1.54, 1.807) is 20.4 Å². The monoisotopic (exact) mass is 401 g/mol. The molecule has 9 nitrogen and oxygen atoms in total. The predicted molar refractivity (Wildman–Crippen MR) is 113 cm³/mol. The average molecular weight is 402 g/mol. The van der Waals surface area contributed by atoms with Crippen molar-refractivity contribution in [1.29, 1.82) is 0 Å². The molecule has 0 fully saturated rings. The molecule has 0 atom stereocenters. The standard InChI is InChI=1S/C20H31N7O2/c1-5-18-25-24-15-27(18)12-10-21-20(23-14-19(28)26(3)4)22-11-13-29-17-8-6-16(2)7-9-17/h6-9,15H,5,10-14H2,1-4H3,(H2,21,22,23). The first-order valence-corrected chi connectivity index (χ1v) is 9.78. The summed E-state index contributed by atoms with van der Waals surface area (Å²) in [6.45, 7) is 6.54. The fourth-order valence-electron chi connectivity index (χ4n) is 2.47. The van der Waals surface area contributed by atoms with Crippen LogP contribution in [0.2, 0.25) is 0 Å². The van der Waals surface area contributed by atoms with Gasteiger partial charge in [-0.1, -0.05) is 24.6 Å². The molecule has 158 valence electrons. The van der Waals surface area contributed by atoms with Gasteiger partial charge < -0.3 is 24.8 Å². The molecule has 1 aromatic carbocycles.